The number of carboxylic acid groups (broad SMARTS) is 1. The monoisotopic (exact) mass is 627 g/mol. The predicted molar refractivity (Wildman–Crippen MR) is 176 cm³/mol. The van der Waals surface area contributed by atoms with E-state index in [4.69, 9.17) is 12.2 Å². The van der Waals surface area contributed by atoms with E-state index in [0.717, 1.165) is 24.0 Å². The van der Waals surface area contributed by atoms with Crippen LogP contribution in [-0.2, 0) is 17.9 Å². The first-order valence-corrected chi connectivity index (χ1v) is 16.3. The number of benzene rings is 3. The number of anilines is 2. The van der Waals surface area contributed by atoms with E-state index in [1.165, 1.54) is 51.0 Å². The SMILES string of the molecule is O=C(O)Cn1c(=O)/c(=C\c2ccc3c(c2)C2CCCC2N3c2ccccc2)s/c1=C1/SC(=S)N(Cc2ccccc2)C1O. The van der Waals surface area contributed by atoms with Gasteiger partial charge in [-0.25, -0.2) is 0 Å². The van der Waals surface area contributed by atoms with Crippen molar-refractivity contribution in [3.05, 3.63) is 115 Å². The van der Waals surface area contributed by atoms with Crippen molar-refractivity contribution < 1.29 is 15.0 Å². The summed E-state index contributed by atoms with van der Waals surface area (Å²) in [5.74, 6) is -0.691. The number of aliphatic hydroxyl groups excluding tert-OH is 1. The third-order valence-corrected chi connectivity index (χ3v) is 11.2. The Kier molecular flexibility index (Phi) is 7.46. The number of thiazole rings is 1. The van der Waals surface area contributed by atoms with Crippen LogP contribution in [0.4, 0.5) is 11.4 Å². The first-order valence-electron chi connectivity index (χ1n) is 14.2. The number of para-hydroxylation sites is 1. The normalized spacial score (nSPS) is 22.8. The molecule has 2 aliphatic heterocycles. The lowest BCUT2D eigenvalue weighted by Crippen LogP contribution is -2.37. The molecule has 10 heteroatoms. The summed E-state index contributed by atoms with van der Waals surface area (Å²) in [5.41, 5.74) is 5.19. The highest BCUT2D eigenvalue weighted by atomic mass is 32.2. The second-order valence-electron chi connectivity index (χ2n) is 11.0. The molecular weight excluding hydrogens is 599 g/mol. The second-order valence-corrected chi connectivity index (χ2v) is 13.8. The molecule has 0 bridgehead atoms. The molecule has 3 aromatic carbocycles. The largest absolute Gasteiger partial charge is 0.480 e. The number of carboxylic acids is 1. The molecule has 1 saturated heterocycles. The zero-order chi connectivity index (χ0) is 29.7. The minimum absolute atomic E-state index is 0.389. The number of hydrogen-bond donors (Lipinski definition) is 2. The van der Waals surface area contributed by atoms with Crippen molar-refractivity contribution in [2.75, 3.05) is 4.90 Å². The Morgan fingerprint density at radius 2 is 1.77 bits per heavy atom. The van der Waals surface area contributed by atoms with Crippen LogP contribution < -0.4 is 19.7 Å². The smallest absolute Gasteiger partial charge is 0.323 e. The Morgan fingerprint density at radius 1 is 1.02 bits per heavy atom. The van der Waals surface area contributed by atoms with Gasteiger partial charge in [-0.05, 0) is 59.9 Å². The van der Waals surface area contributed by atoms with Gasteiger partial charge in [0.05, 0.1) is 9.44 Å². The van der Waals surface area contributed by atoms with Crippen molar-refractivity contribution in [1.82, 2.24) is 9.47 Å². The number of aliphatic hydroxyl groups is 1. The molecule has 7 nitrogen and oxygen atoms in total. The fourth-order valence-electron chi connectivity index (χ4n) is 6.55. The van der Waals surface area contributed by atoms with Crippen LogP contribution in [0.5, 0.6) is 0 Å². The van der Waals surface area contributed by atoms with E-state index in [2.05, 4.69) is 41.3 Å². The minimum Gasteiger partial charge on any atom is -0.480 e. The number of thioether (sulfide) groups is 1. The van der Waals surface area contributed by atoms with Gasteiger partial charge in [0, 0.05) is 29.9 Å². The van der Waals surface area contributed by atoms with E-state index in [1.54, 1.807) is 4.90 Å². The first-order chi connectivity index (χ1) is 20.9. The first kappa shape index (κ1) is 28.1. The van der Waals surface area contributed by atoms with Crippen LogP contribution in [0.25, 0.3) is 11.0 Å². The van der Waals surface area contributed by atoms with E-state index >= 15 is 0 Å². The fourth-order valence-corrected chi connectivity index (χ4v) is 9.20. The van der Waals surface area contributed by atoms with Gasteiger partial charge in [-0.1, -0.05) is 85.0 Å². The molecule has 4 aromatic rings. The molecule has 2 fully saturated rings. The summed E-state index contributed by atoms with van der Waals surface area (Å²) >= 11 is 8.01. The predicted octanol–water partition coefficient (Wildman–Crippen LogP) is 4.57. The van der Waals surface area contributed by atoms with E-state index in [9.17, 15) is 19.8 Å². The van der Waals surface area contributed by atoms with Crippen LogP contribution in [0.2, 0.25) is 0 Å². The summed E-state index contributed by atoms with van der Waals surface area (Å²) in [4.78, 5) is 30.1. The molecule has 1 aliphatic carbocycles. The number of hydrogen-bond acceptors (Lipinski definition) is 7. The molecule has 218 valence electrons. The molecule has 1 saturated carbocycles. The number of aliphatic carboxylic acids is 1. The van der Waals surface area contributed by atoms with Crippen LogP contribution in [0, 0.1) is 0 Å². The molecule has 3 atom stereocenters. The summed E-state index contributed by atoms with van der Waals surface area (Å²) in [6.45, 7) is -0.0944. The quantitative estimate of drug-likeness (QED) is 0.301. The molecule has 0 amide bonds. The number of aromatic nitrogens is 1. The van der Waals surface area contributed by atoms with E-state index in [-0.39, 0.29) is 5.56 Å². The molecule has 3 aliphatic rings. The van der Waals surface area contributed by atoms with Gasteiger partial charge in [0.25, 0.3) is 5.56 Å². The topological polar surface area (TPSA) is 86.0 Å². The van der Waals surface area contributed by atoms with Crippen molar-refractivity contribution in [2.45, 2.75) is 50.5 Å². The second kappa shape index (κ2) is 11.4. The fraction of sp³-hybridized carbons (Fsp3) is 0.242. The average Bonchev–Trinajstić information content (AvgIpc) is 3.74. The summed E-state index contributed by atoms with van der Waals surface area (Å²) in [6, 6.07) is 27.0. The van der Waals surface area contributed by atoms with Gasteiger partial charge in [0.15, 0.2) is 6.23 Å². The van der Waals surface area contributed by atoms with Gasteiger partial charge in [0.1, 0.15) is 15.5 Å². The number of fused-ring (bicyclic) bond motifs is 3. The Labute approximate surface area is 262 Å². The lowest BCUT2D eigenvalue weighted by molar-refractivity contribution is -0.137. The maximum Gasteiger partial charge on any atom is 0.323 e. The van der Waals surface area contributed by atoms with Crippen molar-refractivity contribution >= 4 is 68.0 Å². The van der Waals surface area contributed by atoms with Crippen LogP contribution in [-0.4, -0.2) is 42.2 Å². The number of rotatable bonds is 6. The molecule has 0 radical (unpaired) electrons. The van der Waals surface area contributed by atoms with Gasteiger partial charge in [-0.2, -0.15) is 0 Å². The third-order valence-electron chi connectivity index (χ3n) is 8.42. The van der Waals surface area contributed by atoms with Gasteiger partial charge in [-0.15, -0.1) is 11.3 Å². The van der Waals surface area contributed by atoms with Crippen molar-refractivity contribution in [1.29, 1.82) is 0 Å². The molecule has 3 unspecified atom stereocenters. The summed E-state index contributed by atoms with van der Waals surface area (Å²) < 4.78 is 2.56. The number of thiocarbonyl (C=S) groups is 1. The summed E-state index contributed by atoms with van der Waals surface area (Å²) in [5, 5.41) is 21.0. The molecule has 43 heavy (non-hydrogen) atoms. The summed E-state index contributed by atoms with van der Waals surface area (Å²) in [6.07, 6.45) is 4.22. The Balaban J connectivity index is 1.30. The zero-order valence-electron chi connectivity index (χ0n) is 23.1. The molecular formula is C33H29N3O4S3. The van der Waals surface area contributed by atoms with Crippen LogP contribution in [0.15, 0.2) is 83.7 Å². The molecule has 3 heterocycles. The highest BCUT2D eigenvalue weighted by molar-refractivity contribution is 8.29. The maximum absolute atomic E-state index is 13.6. The van der Waals surface area contributed by atoms with Gasteiger partial charge < -0.3 is 20.0 Å². The average molecular weight is 628 g/mol. The Morgan fingerprint density at radius 3 is 2.51 bits per heavy atom. The van der Waals surface area contributed by atoms with Crippen LogP contribution >= 0.6 is 35.3 Å². The highest BCUT2D eigenvalue weighted by Gasteiger charge is 2.42. The standard InChI is InChI=1S/C33H29N3O4S3/c37-28(38)19-34-30(39)27(42-32(34)29-31(40)35(33(41)43-29)18-20-8-3-1-4-9-20)17-21-14-15-26-24(16-21)23-12-7-13-25(23)36(26)22-10-5-2-6-11-22/h1-6,8-11,14-17,23,25,31,40H,7,12-13,18-19H2,(H,37,38)/b27-17+,32-29+. The van der Waals surface area contributed by atoms with Crippen molar-refractivity contribution in [3.8, 4) is 0 Å². The van der Waals surface area contributed by atoms with E-state index in [0.29, 0.717) is 36.9 Å². The van der Waals surface area contributed by atoms with Gasteiger partial charge in [-0.3, -0.25) is 14.2 Å². The van der Waals surface area contributed by atoms with Crippen LogP contribution in [0.3, 0.4) is 0 Å². The van der Waals surface area contributed by atoms with Gasteiger partial charge >= 0.3 is 5.97 Å². The minimum atomic E-state index is -1.12. The molecule has 2 N–H and O–H groups in total. The number of nitrogens with zero attached hydrogens (tertiary/aromatic N) is 3. The maximum atomic E-state index is 13.6. The van der Waals surface area contributed by atoms with E-state index in [1.807, 2.05) is 48.5 Å². The third kappa shape index (κ3) is 5.12. The molecule has 7 rings (SSSR count). The van der Waals surface area contributed by atoms with Crippen molar-refractivity contribution in [3.63, 3.8) is 0 Å². The number of carbonyl (C=O) groups is 1. The molecule has 0 spiro atoms. The lowest BCUT2D eigenvalue weighted by atomic mass is 9.96. The zero-order valence-corrected chi connectivity index (χ0v) is 25.6. The summed E-state index contributed by atoms with van der Waals surface area (Å²) in [7, 11) is 0. The molecule has 1 aromatic heterocycles. The van der Waals surface area contributed by atoms with Crippen LogP contribution in [0.1, 0.15) is 41.9 Å². The highest BCUT2D eigenvalue weighted by Crippen LogP contribution is 2.52. The van der Waals surface area contributed by atoms with E-state index < -0.39 is 18.7 Å². The Bertz CT molecular complexity index is 1900. The lowest BCUT2D eigenvalue weighted by Gasteiger charge is -2.27. The Hall–Kier alpha value is -3.70. The van der Waals surface area contributed by atoms with Crippen molar-refractivity contribution in [2.24, 2.45) is 0 Å². The van der Waals surface area contributed by atoms with Gasteiger partial charge in [0.2, 0.25) is 0 Å².